The molecule has 0 radical (unpaired) electrons. The topological polar surface area (TPSA) is 58.9 Å². The summed E-state index contributed by atoms with van der Waals surface area (Å²) in [4.78, 5) is 13.9. The Balaban J connectivity index is 1.60. The highest BCUT2D eigenvalue weighted by Gasteiger charge is 2.13. The second kappa shape index (κ2) is 6.72. The molecule has 0 atom stereocenters. The van der Waals surface area contributed by atoms with Crippen molar-refractivity contribution >= 4 is 23.0 Å². The van der Waals surface area contributed by atoms with Gasteiger partial charge in [-0.1, -0.05) is 18.2 Å². The maximum atomic E-state index is 11.9. The van der Waals surface area contributed by atoms with Gasteiger partial charge in [0, 0.05) is 42.8 Å². The van der Waals surface area contributed by atoms with Gasteiger partial charge in [0.25, 0.3) is 5.91 Å². The van der Waals surface area contributed by atoms with Gasteiger partial charge in [0.15, 0.2) is 0 Å². The van der Waals surface area contributed by atoms with E-state index < -0.39 is 0 Å². The zero-order valence-electron chi connectivity index (χ0n) is 12.7. The number of carbonyl (C=O) groups excluding carboxylic acids is 1. The number of nitrogens with one attached hydrogen (secondary N) is 1. The number of aromatic nitrogens is 1. The number of aryl methyl sites for hydroxylation is 1. The lowest BCUT2D eigenvalue weighted by atomic mass is 10.2. The van der Waals surface area contributed by atoms with Gasteiger partial charge in [-0.15, -0.1) is 0 Å². The summed E-state index contributed by atoms with van der Waals surface area (Å²) in [6.45, 7) is 3.32. The number of fused-ring (bicyclic) bond motifs is 1. The fourth-order valence-corrected chi connectivity index (χ4v) is 2.65. The number of nitrogens with zero attached hydrogens (tertiary/aromatic N) is 3. The molecule has 1 fully saturated rings. The summed E-state index contributed by atoms with van der Waals surface area (Å²) >= 11 is 0. The predicted octanol–water partition coefficient (Wildman–Crippen LogP) is 0.961. The fourth-order valence-electron chi connectivity index (χ4n) is 2.65. The van der Waals surface area contributed by atoms with E-state index in [1.165, 1.54) is 0 Å². The van der Waals surface area contributed by atoms with Crippen LogP contribution < -0.4 is 5.43 Å². The van der Waals surface area contributed by atoms with Crippen LogP contribution in [-0.4, -0.2) is 54.4 Å². The number of para-hydroxylation sites is 1. The first kappa shape index (κ1) is 14.7. The Hall–Kier alpha value is -2.18. The minimum Gasteiger partial charge on any atom is -0.379 e. The Morgan fingerprint density at radius 2 is 2.14 bits per heavy atom. The van der Waals surface area contributed by atoms with Crippen LogP contribution in [0.1, 0.15) is 5.56 Å². The zero-order chi connectivity index (χ0) is 15.4. The van der Waals surface area contributed by atoms with Gasteiger partial charge in [-0.25, -0.2) is 5.43 Å². The molecule has 0 spiro atoms. The minimum absolute atomic E-state index is 0.0987. The number of rotatable bonds is 4. The molecule has 1 aliphatic heterocycles. The third-order valence-corrected chi connectivity index (χ3v) is 3.79. The largest absolute Gasteiger partial charge is 0.379 e. The lowest BCUT2D eigenvalue weighted by Gasteiger charge is -2.25. The second-order valence-electron chi connectivity index (χ2n) is 5.39. The molecular formula is C16H20N4O2. The van der Waals surface area contributed by atoms with Crippen LogP contribution in [0.4, 0.5) is 0 Å². The zero-order valence-corrected chi connectivity index (χ0v) is 12.7. The van der Waals surface area contributed by atoms with Crippen LogP contribution in [0.2, 0.25) is 0 Å². The molecule has 1 aromatic carbocycles. The predicted molar refractivity (Wildman–Crippen MR) is 85.9 cm³/mol. The van der Waals surface area contributed by atoms with Crippen molar-refractivity contribution in [1.82, 2.24) is 14.9 Å². The Bertz CT molecular complexity index is 687. The lowest BCUT2D eigenvalue weighted by Crippen LogP contribution is -2.42. The Morgan fingerprint density at radius 3 is 2.95 bits per heavy atom. The van der Waals surface area contributed by atoms with E-state index in [1.54, 1.807) is 6.21 Å². The van der Waals surface area contributed by atoms with Gasteiger partial charge in [0.05, 0.1) is 26.0 Å². The second-order valence-corrected chi connectivity index (χ2v) is 5.39. The van der Waals surface area contributed by atoms with Crippen molar-refractivity contribution < 1.29 is 9.53 Å². The molecule has 0 aliphatic carbocycles. The normalized spacial score (nSPS) is 16.4. The SMILES string of the molecule is Cn1cc(/C=N\NC(=O)CN2CCOCC2)c2ccccc21. The van der Waals surface area contributed by atoms with Gasteiger partial charge in [-0.3, -0.25) is 9.69 Å². The molecule has 6 nitrogen and oxygen atoms in total. The van der Waals surface area contributed by atoms with E-state index in [1.807, 2.05) is 36.0 Å². The molecule has 1 aromatic heterocycles. The summed E-state index contributed by atoms with van der Waals surface area (Å²) in [7, 11) is 2.00. The fraction of sp³-hybridized carbons (Fsp3) is 0.375. The summed E-state index contributed by atoms with van der Waals surface area (Å²) in [6.07, 6.45) is 3.70. The molecule has 1 saturated heterocycles. The number of benzene rings is 1. The van der Waals surface area contributed by atoms with Gasteiger partial charge < -0.3 is 9.30 Å². The van der Waals surface area contributed by atoms with Crippen molar-refractivity contribution in [2.75, 3.05) is 32.8 Å². The van der Waals surface area contributed by atoms with Crippen molar-refractivity contribution in [3.63, 3.8) is 0 Å². The molecule has 0 saturated carbocycles. The van der Waals surface area contributed by atoms with E-state index in [2.05, 4.69) is 21.5 Å². The lowest BCUT2D eigenvalue weighted by molar-refractivity contribution is -0.123. The number of hydrogen-bond acceptors (Lipinski definition) is 4. The smallest absolute Gasteiger partial charge is 0.254 e. The van der Waals surface area contributed by atoms with Crippen LogP contribution in [0.3, 0.4) is 0 Å². The van der Waals surface area contributed by atoms with Crippen LogP contribution in [0.25, 0.3) is 10.9 Å². The first-order chi connectivity index (χ1) is 10.7. The molecule has 0 unspecified atom stereocenters. The summed E-state index contributed by atoms with van der Waals surface area (Å²) in [5.74, 6) is -0.0987. The van der Waals surface area contributed by atoms with Crippen molar-refractivity contribution in [3.8, 4) is 0 Å². The van der Waals surface area contributed by atoms with Gasteiger partial charge in [-0.2, -0.15) is 5.10 Å². The molecule has 1 N–H and O–H groups in total. The molecule has 2 aromatic rings. The maximum absolute atomic E-state index is 11.9. The number of ether oxygens (including phenoxy) is 1. The highest BCUT2D eigenvalue weighted by atomic mass is 16.5. The Kier molecular flexibility index (Phi) is 4.50. The van der Waals surface area contributed by atoms with Gasteiger partial charge in [0.2, 0.25) is 0 Å². The van der Waals surface area contributed by atoms with Crippen molar-refractivity contribution in [2.45, 2.75) is 0 Å². The third-order valence-electron chi connectivity index (χ3n) is 3.79. The maximum Gasteiger partial charge on any atom is 0.254 e. The van der Waals surface area contributed by atoms with Gasteiger partial charge in [0.1, 0.15) is 0 Å². The van der Waals surface area contributed by atoms with E-state index in [0.29, 0.717) is 19.8 Å². The van der Waals surface area contributed by atoms with Crippen LogP contribution in [0, 0.1) is 0 Å². The number of carbonyl (C=O) groups is 1. The summed E-state index contributed by atoms with van der Waals surface area (Å²) < 4.78 is 7.31. The van der Waals surface area contributed by atoms with E-state index in [0.717, 1.165) is 29.6 Å². The third kappa shape index (κ3) is 3.35. The van der Waals surface area contributed by atoms with Gasteiger partial charge in [-0.05, 0) is 6.07 Å². The van der Waals surface area contributed by atoms with Crippen molar-refractivity contribution in [1.29, 1.82) is 0 Å². The highest BCUT2D eigenvalue weighted by Crippen LogP contribution is 2.18. The molecule has 2 heterocycles. The van der Waals surface area contributed by atoms with E-state index >= 15 is 0 Å². The molecule has 6 heteroatoms. The quantitative estimate of drug-likeness (QED) is 0.676. The molecule has 1 amide bonds. The molecular weight excluding hydrogens is 280 g/mol. The Labute approximate surface area is 129 Å². The highest BCUT2D eigenvalue weighted by molar-refractivity contribution is 5.99. The number of hydrogen-bond donors (Lipinski definition) is 1. The van der Waals surface area contributed by atoms with Crippen molar-refractivity contribution in [3.05, 3.63) is 36.0 Å². The minimum atomic E-state index is -0.0987. The number of morpholine rings is 1. The average Bonchev–Trinajstić information content (AvgIpc) is 2.85. The average molecular weight is 300 g/mol. The summed E-state index contributed by atoms with van der Waals surface area (Å²) in [5, 5.41) is 5.20. The number of amides is 1. The first-order valence-corrected chi connectivity index (χ1v) is 7.40. The van der Waals surface area contributed by atoms with E-state index in [9.17, 15) is 4.79 Å². The standard InChI is InChI=1S/C16H20N4O2/c1-19-11-13(14-4-2-3-5-15(14)19)10-17-18-16(21)12-20-6-8-22-9-7-20/h2-5,10-11H,6-9,12H2,1H3,(H,18,21)/b17-10-. The van der Waals surface area contributed by atoms with E-state index in [4.69, 9.17) is 4.74 Å². The monoisotopic (exact) mass is 300 g/mol. The molecule has 116 valence electrons. The van der Waals surface area contributed by atoms with E-state index in [-0.39, 0.29) is 5.91 Å². The molecule has 22 heavy (non-hydrogen) atoms. The van der Waals surface area contributed by atoms with Gasteiger partial charge >= 0.3 is 0 Å². The van der Waals surface area contributed by atoms with Crippen LogP contribution in [0.5, 0.6) is 0 Å². The summed E-state index contributed by atoms with van der Waals surface area (Å²) in [5.41, 5.74) is 4.72. The summed E-state index contributed by atoms with van der Waals surface area (Å²) in [6, 6.07) is 8.11. The van der Waals surface area contributed by atoms with Crippen LogP contribution >= 0.6 is 0 Å². The molecule has 3 rings (SSSR count). The first-order valence-electron chi connectivity index (χ1n) is 7.40. The Morgan fingerprint density at radius 1 is 1.36 bits per heavy atom. The molecule has 1 aliphatic rings. The van der Waals surface area contributed by atoms with Crippen molar-refractivity contribution in [2.24, 2.45) is 12.1 Å². The van der Waals surface area contributed by atoms with Crippen LogP contribution in [-0.2, 0) is 16.6 Å². The van der Waals surface area contributed by atoms with Crippen LogP contribution in [0.15, 0.2) is 35.6 Å². The molecule has 0 bridgehead atoms. The number of hydrazone groups is 1.